The predicted molar refractivity (Wildman–Crippen MR) is 153 cm³/mol. The van der Waals surface area contributed by atoms with Crippen molar-refractivity contribution < 1.29 is 14.7 Å². The Labute approximate surface area is 236 Å². The number of aromatic nitrogens is 4. The summed E-state index contributed by atoms with van der Waals surface area (Å²) < 4.78 is 3.06. The van der Waals surface area contributed by atoms with Crippen LogP contribution in [0.15, 0.2) is 71.9 Å². The molecule has 0 unspecified atom stereocenters. The molecule has 1 aliphatic carbocycles. The van der Waals surface area contributed by atoms with Gasteiger partial charge in [-0.1, -0.05) is 42.5 Å². The standard InChI is InChI=1S/C31H30N6O4/c1-2-27(38)34-24-16-23(17-24)29(39)35-14-12-31(41,13-15-35)19-36-20-32-28-26(30(36)40)18-33-37(28)25-10-8-22(9-11-25)21-6-4-3-5-7-21/h1,3-11,18,20,23-24,41H,12-17,19H2,(H,34,38)/t23-,24-. The lowest BCUT2D eigenvalue weighted by Crippen LogP contribution is -2.54. The Kier molecular flexibility index (Phi) is 6.89. The van der Waals surface area contributed by atoms with E-state index in [9.17, 15) is 19.5 Å². The third kappa shape index (κ3) is 5.24. The zero-order valence-corrected chi connectivity index (χ0v) is 22.4. The Hall–Kier alpha value is -4.75. The molecule has 0 atom stereocenters. The van der Waals surface area contributed by atoms with E-state index < -0.39 is 11.5 Å². The molecule has 41 heavy (non-hydrogen) atoms. The highest BCUT2D eigenvalue weighted by molar-refractivity contribution is 5.93. The number of nitrogens with one attached hydrogen (secondary N) is 1. The number of fused-ring (bicyclic) bond motifs is 1. The Balaban J connectivity index is 1.10. The Bertz CT molecular complexity index is 1690. The van der Waals surface area contributed by atoms with Crippen LogP contribution >= 0.6 is 0 Å². The van der Waals surface area contributed by atoms with E-state index in [0.29, 0.717) is 49.8 Å². The number of amides is 2. The summed E-state index contributed by atoms with van der Waals surface area (Å²) in [6, 6.07) is 17.9. The Morgan fingerprint density at radius 1 is 1.05 bits per heavy atom. The second-order valence-electron chi connectivity index (χ2n) is 10.9. The molecule has 2 amide bonds. The highest BCUT2D eigenvalue weighted by Crippen LogP contribution is 2.32. The number of carbonyl (C=O) groups excluding carboxylic acids is 2. The molecule has 2 N–H and O–H groups in total. The Morgan fingerprint density at radius 2 is 1.73 bits per heavy atom. The van der Waals surface area contributed by atoms with Gasteiger partial charge < -0.3 is 15.3 Å². The largest absolute Gasteiger partial charge is 0.388 e. The summed E-state index contributed by atoms with van der Waals surface area (Å²) in [6.45, 7) is 0.875. The van der Waals surface area contributed by atoms with Crippen LogP contribution in [0.3, 0.4) is 0 Å². The van der Waals surface area contributed by atoms with Gasteiger partial charge in [0.2, 0.25) is 5.91 Å². The molecule has 6 rings (SSSR count). The minimum absolute atomic E-state index is 0.0303. The lowest BCUT2D eigenvalue weighted by molar-refractivity contribution is -0.144. The molecule has 0 bridgehead atoms. The minimum atomic E-state index is -1.14. The lowest BCUT2D eigenvalue weighted by Gasteiger charge is -2.42. The minimum Gasteiger partial charge on any atom is -0.388 e. The number of nitrogens with zero attached hydrogens (tertiary/aromatic N) is 5. The van der Waals surface area contributed by atoms with Crippen molar-refractivity contribution in [1.29, 1.82) is 0 Å². The van der Waals surface area contributed by atoms with Crippen molar-refractivity contribution in [3.63, 3.8) is 0 Å². The summed E-state index contributed by atoms with van der Waals surface area (Å²) in [6.07, 6.45) is 9.88. The van der Waals surface area contributed by atoms with Gasteiger partial charge in [0, 0.05) is 25.0 Å². The first-order valence-corrected chi connectivity index (χ1v) is 13.7. The van der Waals surface area contributed by atoms with E-state index in [2.05, 4.69) is 15.4 Å². The number of carbonyl (C=O) groups is 2. The molecule has 1 saturated carbocycles. The monoisotopic (exact) mass is 550 g/mol. The highest BCUT2D eigenvalue weighted by Gasteiger charge is 2.41. The quantitative estimate of drug-likeness (QED) is 0.355. The van der Waals surface area contributed by atoms with Crippen LogP contribution in [0.25, 0.3) is 27.8 Å². The topological polar surface area (TPSA) is 122 Å². The summed E-state index contributed by atoms with van der Waals surface area (Å²) in [5.74, 6) is 1.44. The molecule has 10 heteroatoms. The molecular formula is C31H30N6O4. The number of likely N-dealkylation sites (tertiary alicyclic amines) is 1. The molecule has 2 aliphatic rings. The van der Waals surface area contributed by atoms with Crippen molar-refractivity contribution in [3.05, 3.63) is 77.5 Å². The molecule has 0 spiro atoms. The number of rotatable bonds is 6. The van der Waals surface area contributed by atoms with E-state index in [4.69, 9.17) is 6.42 Å². The number of aliphatic hydroxyl groups is 1. The van der Waals surface area contributed by atoms with Crippen molar-refractivity contribution in [2.75, 3.05) is 13.1 Å². The van der Waals surface area contributed by atoms with Crippen LogP contribution < -0.4 is 10.9 Å². The van der Waals surface area contributed by atoms with Crippen molar-refractivity contribution in [2.45, 2.75) is 43.9 Å². The van der Waals surface area contributed by atoms with Crippen LogP contribution in [0.5, 0.6) is 0 Å². The van der Waals surface area contributed by atoms with Crippen molar-refractivity contribution in [3.8, 4) is 29.2 Å². The molecule has 208 valence electrons. The van der Waals surface area contributed by atoms with Gasteiger partial charge in [0.05, 0.1) is 24.0 Å². The molecule has 2 aromatic carbocycles. The van der Waals surface area contributed by atoms with Crippen molar-refractivity contribution in [2.24, 2.45) is 5.92 Å². The molecule has 3 heterocycles. The first kappa shape index (κ1) is 26.5. The maximum atomic E-state index is 13.3. The van der Waals surface area contributed by atoms with Gasteiger partial charge in [-0.05, 0) is 54.9 Å². The molecule has 4 aromatic rings. The number of piperidine rings is 1. The molecular weight excluding hydrogens is 520 g/mol. The van der Waals surface area contributed by atoms with Crippen LogP contribution in [0.1, 0.15) is 25.7 Å². The van der Waals surface area contributed by atoms with E-state index in [0.717, 1.165) is 16.8 Å². The normalized spacial score (nSPS) is 19.8. The van der Waals surface area contributed by atoms with Gasteiger partial charge in [0.25, 0.3) is 11.5 Å². The van der Waals surface area contributed by atoms with E-state index in [1.807, 2.05) is 60.5 Å². The lowest BCUT2D eigenvalue weighted by atomic mass is 9.78. The third-order valence-corrected chi connectivity index (χ3v) is 8.20. The number of hydrogen-bond acceptors (Lipinski definition) is 6. The second-order valence-corrected chi connectivity index (χ2v) is 10.9. The first-order chi connectivity index (χ1) is 19.8. The van der Waals surface area contributed by atoms with Gasteiger partial charge in [-0.3, -0.25) is 19.0 Å². The summed E-state index contributed by atoms with van der Waals surface area (Å²) in [4.78, 5) is 43.8. The summed E-state index contributed by atoms with van der Waals surface area (Å²) in [5, 5.41) is 18.8. The Morgan fingerprint density at radius 3 is 2.41 bits per heavy atom. The van der Waals surface area contributed by atoms with Crippen LogP contribution in [0.2, 0.25) is 0 Å². The fourth-order valence-electron chi connectivity index (χ4n) is 5.72. The smallest absolute Gasteiger partial charge is 0.295 e. The maximum absolute atomic E-state index is 13.3. The van der Waals surface area contributed by atoms with Crippen molar-refractivity contribution in [1.82, 2.24) is 29.5 Å². The van der Waals surface area contributed by atoms with Crippen LogP contribution in [0.4, 0.5) is 0 Å². The first-order valence-electron chi connectivity index (χ1n) is 13.7. The fraction of sp³-hybridized carbons (Fsp3) is 0.323. The second kappa shape index (κ2) is 10.7. The van der Waals surface area contributed by atoms with Gasteiger partial charge >= 0.3 is 0 Å². The zero-order valence-electron chi connectivity index (χ0n) is 22.4. The number of hydrogen-bond donors (Lipinski definition) is 2. The van der Waals surface area contributed by atoms with E-state index in [1.165, 1.54) is 17.1 Å². The van der Waals surface area contributed by atoms with Crippen LogP contribution in [-0.4, -0.2) is 65.9 Å². The van der Waals surface area contributed by atoms with Gasteiger partial charge in [-0.15, -0.1) is 6.42 Å². The highest BCUT2D eigenvalue weighted by atomic mass is 16.3. The molecule has 1 saturated heterocycles. The number of terminal acetylenes is 1. The molecule has 1 aliphatic heterocycles. The summed E-state index contributed by atoms with van der Waals surface area (Å²) in [7, 11) is 0. The molecule has 0 radical (unpaired) electrons. The summed E-state index contributed by atoms with van der Waals surface area (Å²) in [5.41, 5.74) is 2.01. The molecule has 2 fully saturated rings. The van der Waals surface area contributed by atoms with Gasteiger partial charge in [-0.2, -0.15) is 5.10 Å². The molecule has 2 aromatic heterocycles. The SMILES string of the molecule is C#CC(=O)N[C@H]1C[C@H](C(=O)N2CCC(O)(Cn3cnc4c(cnn4-c4ccc(-c5ccccc5)cc4)c3=O)CC2)C1. The summed E-state index contributed by atoms with van der Waals surface area (Å²) >= 11 is 0. The number of benzene rings is 2. The van der Waals surface area contributed by atoms with Gasteiger partial charge in [-0.25, -0.2) is 9.67 Å². The van der Waals surface area contributed by atoms with E-state index in [-0.39, 0.29) is 30.0 Å². The van der Waals surface area contributed by atoms with Gasteiger partial charge in [0.1, 0.15) is 11.7 Å². The van der Waals surface area contributed by atoms with Crippen LogP contribution in [0, 0.1) is 18.3 Å². The van der Waals surface area contributed by atoms with Crippen molar-refractivity contribution >= 4 is 22.8 Å². The average molecular weight is 551 g/mol. The van der Waals surface area contributed by atoms with Gasteiger partial charge in [0.15, 0.2) is 5.65 Å². The predicted octanol–water partition coefficient (Wildman–Crippen LogP) is 2.13. The van der Waals surface area contributed by atoms with E-state index in [1.54, 1.807) is 9.58 Å². The third-order valence-electron chi connectivity index (χ3n) is 8.20. The fourth-order valence-corrected chi connectivity index (χ4v) is 5.72. The maximum Gasteiger partial charge on any atom is 0.295 e. The molecule has 10 nitrogen and oxygen atoms in total. The van der Waals surface area contributed by atoms with Crippen LogP contribution in [-0.2, 0) is 16.1 Å². The average Bonchev–Trinajstić information content (AvgIpc) is 3.41. The zero-order chi connectivity index (χ0) is 28.6. The van der Waals surface area contributed by atoms with E-state index >= 15 is 0 Å².